The van der Waals surface area contributed by atoms with Gasteiger partial charge in [-0.2, -0.15) is 0 Å². The third-order valence-corrected chi connectivity index (χ3v) is 4.17. The minimum Gasteiger partial charge on any atom is -0.496 e. The number of methoxy groups -OCH3 is 1. The number of pyridine rings is 1. The van der Waals surface area contributed by atoms with Crippen LogP contribution in [-0.2, 0) is 0 Å². The standard InChI is InChI=1S/C21H22N4O4/c1-28-19-6-5-14(11-17(19)21(27)24-8-3-7-22)20(26)25-16-10-15(12-23-13-16)18-4-2-9-29-18/h2,4-6,9-13H,3,7-8,22H2,1H3,(H,24,27)(H,25,26). The number of anilines is 1. The van der Waals surface area contributed by atoms with Crippen molar-refractivity contribution in [3.8, 4) is 17.1 Å². The Morgan fingerprint density at radius 3 is 2.76 bits per heavy atom. The quantitative estimate of drug-likeness (QED) is 0.505. The zero-order valence-electron chi connectivity index (χ0n) is 16.0. The molecule has 0 spiro atoms. The van der Waals surface area contributed by atoms with Gasteiger partial charge in [-0.25, -0.2) is 0 Å². The van der Waals surface area contributed by atoms with E-state index in [-0.39, 0.29) is 17.4 Å². The molecule has 8 heteroatoms. The fourth-order valence-electron chi connectivity index (χ4n) is 2.71. The number of nitrogens with one attached hydrogen (secondary N) is 2. The van der Waals surface area contributed by atoms with Crippen LogP contribution in [-0.4, -0.2) is 37.0 Å². The van der Waals surface area contributed by atoms with Gasteiger partial charge in [-0.15, -0.1) is 0 Å². The number of carbonyl (C=O) groups excluding carboxylic acids is 2. The third kappa shape index (κ3) is 4.99. The van der Waals surface area contributed by atoms with Gasteiger partial charge in [-0.3, -0.25) is 14.6 Å². The maximum absolute atomic E-state index is 12.7. The number of hydrogen-bond donors (Lipinski definition) is 3. The molecule has 2 aromatic heterocycles. The van der Waals surface area contributed by atoms with Gasteiger partial charge in [0.25, 0.3) is 11.8 Å². The number of aromatic nitrogens is 1. The number of nitrogens with two attached hydrogens (primary N) is 1. The average molecular weight is 394 g/mol. The lowest BCUT2D eigenvalue weighted by molar-refractivity contribution is 0.0950. The van der Waals surface area contributed by atoms with Gasteiger partial charge in [0.2, 0.25) is 0 Å². The number of ether oxygens (including phenoxy) is 1. The number of benzene rings is 1. The van der Waals surface area contributed by atoms with E-state index in [0.717, 1.165) is 5.56 Å². The second-order valence-electron chi connectivity index (χ2n) is 6.21. The van der Waals surface area contributed by atoms with E-state index in [1.54, 1.807) is 36.7 Å². The van der Waals surface area contributed by atoms with Crippen LogP contribution in [0.15, 0.2) is 59.5 Å². The summed E-state index contributed by atoms with van der Waals surface area (Å²) in [6.45, 7) is 0.922. The average Bonchev–Trinajstić information content (AvgIpc) is 3.28. The molecule has 3 rings (SSSR count). The molecule has 8 nitrogen and oxygen atoms in total. The molecule has 2 heterocycles. The largest absolute Gasteiger partial charge is 0.496 e. The zero-order chi connectivity index (χ0) is 20.6. The van der Waals surface area contributed by atoms with E-state index in [1.807, 2.05) is 6.07 Å². The van der Waals surface area contributed by atoms with E-state index in [4.69, 9.17) is 14.9 Å². The van der Waals surface area contributed by atoms with Gasteiger partial charge in [0.1, 0.15) is 11.5 Å². The fraction of sp³-hybridized carbons (Fsp3) is 0.190. The van der Waals surface area contributed by atoms with E-state index in [2.05, 4.69) is 15.6 Å². The SMILES string of the molecule is COc1ccc(C(=O)Nc2cncc(-c3ccco3)c2)cc1C(=O)NCCCN. The molecule has 150 valence electrons. The Morgan fingerprint density at radius 2 is 2.03 bits per heavy atom. The Hall–Kier alpha value is -3.65. The van der Waals surface area contributed by atoms with Gasteiger partial charge in [-0.1, -0.05) is 0 Å². The smallest absolute Gasteiger partial charge is 0.255 e. The summed E-state index contributed by atoms with van der Waals surface area (Å²) in [7, 11) is 1.47. The van der Waals surface area contributed by atoms with E-state index in [1.165, 1.54) is 19.4 Å². The minimum absolute atomic E-state index is 0.277. The van der Waals surface area contributed by atoms with Gasteiger partial charge in [0, 0.05) is 23.9 Å². The van der Waals surface area contributed by atoms with Crippen LogP contribution in [0.25, 0.3) is 11.3 Å². The van der Waals surface area contributed by atoms with Crippen molar-refractivity contribution in [3.05, 3.63) is 66.2 Å². The van der Waals surface area contributed by atoms with Crippen molar-refractivity contribution >= 4 is 17.5 Å². The first-order valence-corrected chi connectivity index (χ1v) is 9.09. The molecule has 0 aliphatic heterocycles. The van der Waals surface area contributed by atoms with Crippen LogP contribution in [0.1, 0.15) is 27.1 Å². The fourth-order valence-corrected chi connectivity index (χ4v) is 2.71. The maximum Gasteiger partial charge on any atom is 0.255 e. The highest BCUT2D eigenvalue weighted by Crippen LogP contribution is 2.23. The molecular formula is C21H22N4O4. The van der Waals surface area contributed by atoms with Gasteiger partial charge >= 0.3 is 0 Å². The lowest BCUT2D eigenvalue weighted by atomic mass is 10.1. The monoisotopic (exact) mass is 394 g/mol. The first-order valence-electron chi connectivity index (χ1n) is 9.09. The van der Waals surface area contributed by atoms with Crippen molar-refractivity contribution in [2.24, 2.45) is 5.73 Å². The molecule has 0 bridgehead atoms. The van der Waals surface area contributed by atoms with Crippen molar-refractivity contribution in [1.82, 2.24) is 10.3 Å². The highest BCUT2D eigenvalue weighted by Gasteiger charge is 2.16. The van der Waals surface area contributed by atoms with Crippen LogP contribution in [0.2, 0.25) is 0 Å². The molecule has 3 aromatic rings. The number of rotatable bonds is 8. The molecule has 4 N–H and O–H groups in total. The predicted octanol–water partition coefficient (Wildman–Crippen LogP) is 2.68. The molecule has 0 aliphatic rings. The highest BCUT2D eigenvalue weighted by molar-refractivity contribution is 6.07. The molecule has 0 atom stereocenters. The Kier molecular flexibility index (Phi) is 6.59. The van der Waals surface area contributed by atoms with Crippen molar-refractivity contribution < 1.29 is 18.7 Å². The summed E-state index contributed by atoms with van der Waals surface area (Å²) in [4.78, 5) is 29.3. The normalized spacial score (nSPS) is 10.4. The molecule has 0 saturated carbocycles. The molecule has 2 amide bonds. The van der Waals surface area contributed by atoms with E-state index < -0.39 is 0 Å². The molecule has 0 aliphatic carbocycles. The number of carbonyl (C=O) groups is 2. The number of furan rings is 1. The van der Waals surface area contributed by atoms with E-state index in [9.17, 15) is 9.59 Å². The van der Waals surface area contributed by atoms with Gasteiger partial charge in [0.15, 0.2) is 0 Å². The van der Waals surface area contributed by atoms with Crippen LogP contribution >= 0.6 is 0 Å². The van der Waals surface area contributed by atoms with Crippen LogP contribution in [0.5, 0.6) is 5.75 Å². The summed E-state index contributed by atoms with van der Waals surface area (Å²) in [6, 6.07) is 10.0. The lowest BCUT2D eigenvalue weighted by Crippen LogP contribution is -2.26. The van der Waals surface area contributed by atoms with Crippen LogP contribution in [0.3, 0.4) is 0 Å². The molecule has 0 fully saturated rings. The molecule has 0 radical (unpaired) electrons. The summed E-state index contributed by atoms with van der Waals surface area (Å²) in [6.07, 6.45) is 5.41. The zero-order valence-corrected chi connectivity index (χ0v) is 16.0. The van der Waals surface area contributed by atoms with Crippen LogP contribution < -0.4 is 21.1 Å². The molecule has 29 heavy (non-hydrogen) atoms. The first-order chi connectivity index (χ1) is 14.1. The van der Waals surface area contributed by atoms with Crippen LogP contribution in [0, 0.1) is 0 Å². The second kappa shape index (κ2) is 9.52. The summed E-state index contributed by atoms with van der Waals surface area (Å²) in [5.74, 6) is 0.330. The summed E-state index contributed by atoms with van der Waals surface area (Å²) < 4.78 is 10.6. The van der Waals surface area contributed by atoms with Gasteiger partial charge < -0.3 is 25.5 Å². The molecule has 0 unspecified atom stereocenters. The summed E-state index contributed by atoms with van der Waals surface area (Å²) in [5.41, 5.74) is 7.29. The topological polar surface area (TPSA) is 119 Å². The number of nitrogens with zero attached hydrogens (tertiary/aromatic N) is 1. The Labute approximate surface area is 168 Å². The maximum atomic E-state index is 12.7. The van der Waals surface area contributed by atoms with E-state index in [0.29, 0.717) is 42.3 Å². The highest BCUT2D eigenvalue weighted by atomic mass is 16.5. The Morgan fingerprint density at radius 1 is 1.17 bits per heavy atom. The summed E-state index contributed by atoms with van der Waals surface area (Å²) in [5, 5.41) is 5.55. The number of hydrogen-bond acceptors (Lipinski definition) is 6. The van der Waals surface area contributed by atoms with Crippen molar-refractivity contribution in [1.29, 1.82) is 0 Å². The number of amides is 2. The van der Waals surface area contributed by atoms with Crippen molar-refractivity contribution in [3.63, 3.8) is 0 Å². The molecule has 1 aromatic carbocycles. The molecule has 0 saturated heterocycles. The Bertz CT molecular complexity index is 986. The Balaban J connectivity index is 1.78. The van der Waals surface area contributed by atoms with Gasteiger partial charge in [-0.05, 0) is 49.4 Å². The first kappa shape index (κ1) is 20.1. The van der Waals surface area contributed by atoms with Gasteiger partial charge in [0.05, 0.1) is 30.8 Å². The van der Waals surface area contributed by atoms with Crippen molar-refractivity contribution in [2.45, 2.75) is 6.42 Å². The van der Waals surface area contributed by atoms with Crippen molar-refractivity contribution in [2.75, 3.05) is 25.5 Å². The van der Waals surface area contributed by atoms with Crippen LogP contribution in [0.4, 0.5) is 5.69 Å². The predicted molar refractivity (Wildman–Crippen MR) is 109 cm³/mol. The minimum atomic E-state index is -0.373. The third-order valence-electron chi connectivity index (χ3n) is 4.17. The lowest BCUT2D eigenvalue weighted by Gasteiger charge is -2.11. The van der Waals surface area contributed by atoms with E-state index >= 15 is 0 Å². The molecular weight excluding hydrogens is 372 g/mol. The second-order valence-corrected chi connectivity index (χ2v) is 6.21. The summed E-state index contributed by atoms with van der Waals surface area (Å²) >= 11 is 0.